The van der Waals surface area contributed by atoms with Gasteiger partial charge in [0.15, 0.2) is 0 Å². The van der Waals surface area contributed by atoms with Crippen molar-refractivity contribution in [3.8, 4) is 33.4 Å². The van der Waals surface area contributed by atoms with Crippen molar-refractivity contribution in [3.63, 3.8) is 0 Å². The van der Waals surface area contributed by atoms with Crippen LogP contribution in [0.5, 0.6) is 5.75 Å². The van der Waals surface area contributed by atoms with Crippen molar-refractivity contribution in [2.45, 2.75) is 20.3 Å². The molecule has 4 aromatic rings. The molecule has 0 bridgehead atoms. The Balaban J connectivity index is 1.78. The van der Waals surface area contributed by atoms with Crippen molar-refractivity contribution in [2.75, 3.05) is 27.4 Å². The molecule has 7 nitrogen and oxygen atoms in total. The molecule has 34 heavy (non-hydrogen) atoms. The molecule has 0 saturated carbocycles. The van der Waals surface area contributed by atoms with Crippen LogP contribution in [-0.2, 0) is 11.2 Å². The maximum Gasteiger partial charge on any atom is 0.253 e. The zero-order valence-electron chi connectivity index (χ0n) is 19.8. The second-order valence-electron chi connectivity index (χ2n) is 7.74. The molecule has 1 aromatic carbocycles. The first-order chi connectivity index (χ1) is 16.5. The lowest BCUT2D eigenvalue weighted by Gasteiger charge is -2.12. The van der Waals surface area contributed by atoms with Crippen LogP contribution >= 0.6 is 11.3 Å². The van der Waals surface area contributed by atoms with Crippen molar-refractivity contribution < 1.29 is 14.3 Å². The first kappa shape index (κ1) is 23.7. The fourth-order valence-electron chi connectivity index (χ4n) is 3.78. The van der Waals surface area contributed by atoms with E-state index >= 15 is 0 Å². The highest BCUT2D eigenvalue weighted by atomic mass is 32.1. The lowest BCUT2D eigenvalue weighted by molar-refractivity contribution is 0.0936. The molecule has 0 atom stereocenters. The largest absolute Gasteiger partial charge is 0.497 e. The SMILES string of the molecule is CCc1cc(-c2nc(-c3cc(C(=O)NCCOC)c(C)n3-c3ccc(OC)cc3)cs2)ccn1. The van der Waals surface area contributed by atoms with Crippen LogP contribution in [0.1, 0.15) is 28.7 Å². The minimum Gasteiger partial charge on any atom is -0.497 e. The molecule has 0 spiro atoms. The Hall–Kier alpha value is -3.49. The molecule has 3 aromatic heterocycles. The van der Waals surface area contributed by atoms with E-state index in [0.717, 1.165) is 51.2 Å². The normalized spacial score (nSPS) is 10.9. The molecule has 0 aliphatic rings. The van der Waals surface area contributed by atoms with Crippen LogP contribution in [0.25, 0.3) is 27.6 Å². The number of methoxy groups -OCH3 is 2. The zero-order valence-corrected chi connectivity index (χ0v) is 20.6. The van der Waals surface area contributed by atoms with Gasteiger partial charge in [0, 0.05) is 47.9 Å². The van der Waals surface area contributed by atoms with Gasteiger partial charge >= 0.3 is 0 Å². The summed E-state index contributed by atoms with van der Waals surface area (Å²) in [6, 6.07) is 13.7. The van der Waals surface area contributed by atoms with Gasteiger partial charge in [0.05, 0.1) is 30.7 Å². The summed E-state index contributed by atoms with van der Waals surface area (Å²) in [6.45, 7) is 4.93. The Bertz CT molecular complexity index is 1280. The molecule has 176 valence electrons. The Morgan fingerprint density at radius 1 is 1.15 bits per heavy atom. The predicted octanol–water partition coefficient (Wildman–Crippen LogP) is 4.92. The number of hydrogen-bond donors (Lipinski definition) is 1. The number of amides is 1. The topological polar surface area (TPSA) is 78.3 Å². The van der Waals surface area contributed by atoms with Crippen LogP contribution in [0.15, 0.2) is 54.0 Å². The van der Waals surface area contributed by atoms with E-state index in [-0.39, 0.29) is 5.91 Å². The number of rotatable bonds is 9. The highest BCUT2D eigenvalue weighted by molar-refractivity contribution is 7.13. The molecule has 4 rings (SSSR count). The van der Waals surface area contributed by atoms with E-state index in [1.54, 1.807) is 25.6 Å². The standard InChI is InChI=1S/C26H28N4O3S/c1-5-19-14-18(10-11-27-19)26-29-23(16-34-26)24-15-22(25(31)28-12-13-32-3)17(2)30(24)20-6-8-21(33-4)9-7-20/h6-11,14-16H,5,12-13H2,1-4H3,(H,28,31). The maximum absolute atomic E-state index is 12.9. The van der Waals surface area contributed by atoms with E-state index in [1.165, 1.54) is 0 Å². The molecule has 0 saturated heterocycles. The highest BCUT2D eigenvalue weighted by Crippen LogP contribution is 2.34. The van der Waals surface area contributed by atoms with E-state index < -0.39 is 0 Å². The smallest absolute Gasteiger partial charge is 0.253 e. The monoisotopic (exact) mass is 476 g/mol. The van der Waals surface area contributed by atoms with Gasteiger partial charge in [-0.15, -0.1) is 11.3 Å². The van der Waals surface area contributed by atoms with Gasteiger partial charge in [0.25, 0.3) is 5.91 Å². The molecule has 0 unspecified atom stereocenters. The lowest BCUT2D eigenvalue weighted by Crippen LogP contribution is -2.27. The molecular formula is C26H28N4O3S. The van der Waals surface area contributed by atoms with Crippen LogP contribution in [-0.4, -0.2) is 47.8 Å². The van der Waals surface area contributed by atoms with Crippen molar-refractivity contribution in [3.05, 3.63) is 71.0 Å². The molecule has 0 aliphatic heterocycles. The number of thiazole rings is 1. The van der Waals surface area contributed by atoms with Crippen LogP contribution in [0.3, 0.4) is 0 Å². The summed E-state index contributed by atoms with van der Waals surface area (Å²) in [4.78, 5) is 22.3. The molecule has 3 heterocycles. The zero-order chi connectivity index (χ0) is 24.1. The Morgan fingerprint density at radius 2 is 1.94 bits per heavy atom. The first-order valence-corrected chi connectivity index (χ1v) is 12.0. The third kappa shape index (κ3) is 4.88. The molecule has 0 fully saturated rings. The molecule has 0 aliphatic carbocycles. The average molecular weight is 477 g/mol. The summed E-state index contributed by atoms with van der Waals surface area (Å²) in [5.41, 5.74) is 6.10. The van der Waals surface area contributed by atoms with Gasteiger partial charge in [-0.2, -0.15) is 0 Å². The fraction of sp³-hybridized carbons (Fsp3) is 0.269. The van der Waals surface area contributed by atoms with Gasteiger partial charge < -0.3 is 19.4 Å². The highest BCUT2D eigenvalue weighted by Gasteiger charge is 2.21. The molecule has 1 amide bonds. The van der Waals surface area contributed by atoms with E-state index in [4.69, 9.17) is 14.5 Å². The van der Waals surface area contributed by atoms with Crippen LogP contribution in [0.4, 0.5) is 0 Å². The van der Waals surface area contributed by atoms with Gasteiger partial charge in [-0.25, -0.2) is 4.98 Å². The molecular weight excluding hydrogens is 448 g/mol. The number of carbonyl (C=O) groups is 1. The number of benzene rings is 1. The van der Waals surface area contributed by atoms with Gasteiger partial charge in [-0.1, -0.05) is 6.92 Å². The molecule has 1 N–H and O–H groups in total. The summed E-state index contributed by atoms with van der Waals surface area (Å²) < 4.78 is 12.4. The van der Waals surface area contributed by atoms with Crippen molar-refractivity contribution in [1.82, 2.24) is 19.9 Å². The number of ether oxygens (including phenoxy) is 2. The maximum atomic E-state index is 12.9. The fourth-order valence-corrected chi connectivity index (χ4v) is 4.59. The number of pyridine rings is 1. The number of nitrogens with zero attached hydrogens (tertiary/aromatic N) is 3. The van der Waals surface area contributed by atoms with E-state index in [9.17, 15) is 4.79 Å². The third-order valence-electron chi connectivity index (χ3n) is 5.61. The second kappa shape index (κ2) is 10.6. The Kier molecular flexibility index (Phi) is 7.40. The van der Waals surface area contributed by atoms with E-state index in [1.807, 2.05) is 54.9 Å². The number of aryl methyl sites for hydroxylation is 1. The number of carbonyl (C=O) groups excluding carboxylic acids is 1. The van der Waals surface area contributed by atoms with Gasteiger partial charge in [0.2, 0.25) is 0 Å². The van der Waals surface area contributed by atoms with Gasteiger partial charge in [-0.05, 0) is 55.8 Å². The number of hydrogen-bond acceptors (Lipinski definition) is 6. The lowest BCUT2D eigenvalue weighted by atomic mass is 10.2. The molecule has 0 radical (unpaired) electrons. The Morgan fingerprint density at radius 3 is 2.65 bits per heavy atom. The quantitative estimate of drug-likeness (QED) is 0.347. The van der Waals surface area contributed by atoms with E-state index in [2.05, 4.69) is 27.9 Å². The predicted molar refractivity (Wildman–Crippen MR) is 135 cm³/mol. The second-order valence-corrected chi connectivity index (χ2v) is 8.60. The summed E-state index contributed by atoms with van der Waals surface area (Å²) in [6.07, 6.45) is 2.69. The summed E-state index contributed by atoms with van der Waals surface area (Å²) in [5, 5.41) is 5.87. The van der Waals surface area contributed by atoms with Crippen molar-refractivity contribution in [2.24, 2.45) is 0 Å². The molecule has 8 heteroatoms. The average Bonchev–Trinajstić information content (AvgIpc) is 3.49. The minimum absolute atomic E-state index is 0.139. The summed E-state index contributed by atoms with van der Waals surface area (Å²) >= 11 is 1.58. The minimum atomic E-state index is -0.139. The van der Waals surface area contributed by atoms with Gasteiger partial charge in [0.1, 0.15) is 10.8 Å². The van der Waals surface area contributed by atoms with Crippen LogP contribution < -0.4 is 10.1 Å². The van der Waals surface area contributed by atoms with Crippen LogP contribution in [0.2, 0.25) is 0 Å². The number of aromatic nitrogens is 3. The van der Waals surface area contributed by atoms with Gasteiger partial charge in [-0.3, -0.25) is 9.78 Å². The third-order valence-corrected chi connectivity index (χ3v) is 6.50. The van der Waals surface area contributed by atoms with Crippen molar-refractivity contribution >= 4 is 17.2 Å². The van der Waals surface area contributed by atoms with Crippen LogP contribution in [0, 0.1) is 6.92 Å². The summed E-state index contributed by atoms with van der Waals surface area (Å²) in [7, 11) is 3.26. The Labute approximate surface area is 203 Å². The first-order valence-electron chi connectivity index (χ1n) is 11.1. The van der Waals surface area contributed by atoms with E-state index in [0.29, 0.717) is 18.7 Å². The summed E-state index contributed by atoms with van der Waals surface area (Å²) in [5.74, 6) is 0.633. The number of nitrogens with one attached hydrogen (secondary N) is 1. The van der Waals surface area contributed by atoms with Crippen molar-refractivity contribution in [1.29, 1.82) is 0 Å².